The van der Waals surface area contributed by atoms with Gasteiger partial charge in [0, 0.05) is 20.3 Å². The summed E-state index contributed by atoms with van der Waals surface area (Å²) in [7, 11) is 0. The second-order valence-electron chi connectivity index (χ2n) is 3.16. The molecule has 0 aliphatic heterocycles. The largest absolute Gasteiger partial charge is 0.462 e. The van der Waals surface area contributed by atoms with E-state index in [0.717, 1.165) is 0 Å². The van der Waals surface area contributed by atoms with E-state index in [-0.39, 0.29) is 19.8 Å². The molecular weight excluding hydrogens is 216 g/mol. The lowest BCUT2D eigenvalue weighted by Crippen LogP contribution is -2.25. The molecule has 1 atom stereocenters. The first-order valence-corrected chi connectivity index (χ1v) is 5.05. The smallest absolute Gasteiger partial charge is 0.303 e. The van der Waals surface area contributed by atoms with Gasteiger partial charge in [-0.05, 0) is 0 Å². The molecule has 0 aromatic heterocycles. The lowest BCUT2D eigenvalue weighted by atomic mass is 10.3. The van der Waals surface area contributed by atoms with Gasteiger partial charge >= 0.3 is 11.9 Å². The van der Waals surface area contributed by atoms with E-state index in [2.05, 4.69) is 0 Å². The van der Waals surface area contributed by atoms with Crippen LogP contribution in [0.3, 0.4) is 0 Å². The highest BCUT2D eigenvalue weighted by Gasteiger charge is 2.13. The molecular formula is C10H18O6. The molecule has 16 heavy (non-hydrogen) atoms. The molecule has 6 nitrogen and oxygen atoms in total. The highest BCUT2D eigenvalue weighted by Crippen LogP contribution is 2.01. The monoisotopic (exact) mass is 234 g/mol. The van der Waals surface area contributed by atoms with E-state index in [9.17, 15) is 9.59 Å². The van der Waals surface area contributed by atoms with Crippen LogP contribution in [0.1, 0.15) is 20.3 Å². The van der Waals surface area contributed by atoms with Crippen LogP contribution in [0.4, 0.5) is 0 Å². The molecule has 1 unspecified atom stereocenters. The van der Waals surface area contributed by atoms with E-state index in [4.69, 9.17) is 19.3 Å². The van der Waals surface area contributed by atoms with Crippen LogP contribution in [0, 0.1) is 0 Å². The summed E-state index contributed by atoms with van der Waals surface area (Å²) in [5, 5.41) is 8.47. The number of carbonyl (C=O) groups excluding carboxylic acids is 2. The van der Waals surface area contributed by atoms with Crippen LogP contribution in [-0.2, 0) is 23.8 Å². The van der Waals surface area contributed by atoms with Crippen molar-refractivity contribution in [3.63, 3.8) is 0 Å². The fourth-order valence-electron chi connectivity index (χ4n) is 1.00. The fourth-order valence-corrected chi connectivity index (χ4v) is 1.00. The van der Waals surface area contributed by atoms with E-state index in [1.807, 2.05) is 0 Å². The SMILES string of the molecule is CC(=O)OCC(CCOCCO)OC(C)=O. The summed E-state index contributed by atoms with van der Waals surface area (Å²) < 4.78 is 14.7. The summed E-state index contributed by atoms with van der Waals surface area (Å²) in [5.41, 5.74) is 0. The van der Waals surface area contributed by atoms with E-state index < -0.39 is 18.0 Å². The second-order valence-corrected chi connectivity index (χ2v) is 3.16. The molecule has 0 aromatic carbocycles. The Morgan fingerprint density at radius 1 is 1.19 bits per heavy atom. The standard InChI is InChI=1S/C10H18O6/c1-8(12)15-7-10(16-9(2)13)3-5-14-6-4-11/h10-11H,3-7H2,1-2H3. The topological polar surface area (TPSA) is 82.1 Å². The summed E-state index contributed by atoms with van der Waals surface area (Å²) in [6, 6.07) is 0. The Balaban J connectivity index is 3.80. The average molecular weight is 234 g/mol. The number of esters is 2. The van der Waals surface area contributed by atoms with Gasteiger partial charge in [-0.1, -0.05) is 0 Å². The first-order valence-electron chi connectivity index (χ1n) is 5.05. The lowest BCUT2D eigenvalue weighted by molar-refractivity contribution is -0.157. The van der Waals surface area contributed by atoms with Crippen molar-refractivity contribution < 1.29 is 28.9 Å². The lowest BCUT2D eigenvalue weighted by Gasteiger charge is -2.16. The molecule has 0 rings (SSSR count). The summed E-state index contributed by atoms with van der Waals surface area (Å²) in [5.74, 6) is -0.854. The predicted octanol–water partition coefficient (Wildman–Crippen LogP) is -0.120. The third-order valence-electron chi connectivity index (χ3n) is 1.62. The molecule has 0 aromatic rings. The first-order chi connectivity index (χ1) is 7.56. The maximum atomic E-state index is 10.7. The van der Waals surface area contributed by atoms with Crippen LogP contribution in [-0.4, -0.2) is 49.6 Å². The van der Waals surface area contributed by atoms with Crippen molar-refractivity contribution in [1.82, 2.24) is 0 Å². The molecule has 0 bridgehead atoms. The molecule has 94 valence electrons. The van der Waals surface area contributed by atoms with E-state index in [0.29, 0.717) is 13.0 Å². The molecule has 6 heteroatoms. The van der Waals surface area contributed by atoms with Crippen LogP contribution in [0.25, 0.3) is 0 Å². The van der Waals surface area contributed by atoms with Crippen molar-refractivity contribution in [2.75, 3.05) is 26.4 Å². The molecule has 0 radical (unpaired) electrons. The van der Waals surface area contributed by atoms with Crippen molar-refractivity contribution >= 4 is 11.9 Å². The average Bonchev–Trinajstić information content (AvgIpc) is 2.19. The van der Waals surface area contributed by atoms with Crippen molar-refractivity contribution in [3.8, 4) is 0 Å². The molecule has 0 amide bonds. The number of aliphatic hydroxyl groups excluding tert-OH is 1. The number of hydrogen-bond donors (Lipinski definition) is 1. The summed E-state index contributed by atoms with van der Waals surface area (Å²) in [6.07, 6.45) is -0.0764. The zero-order chi connectivity index (χ0) is 12.4. The van der Waals surface area contributed by atoms with Crippen LogP contribution < -0.4 is 0 Å². The fraction of sp³-hybridized carbons (Fsp3) is 0.800. The molecule has 0 saturated carbocycles. The van der Waals surface area contributed by atoms with Gasteiger partial charge in [0.1, 0.15) is 12.7 Å². The van der Waals surface area contributed by atoms with Crippen LogP contribution in [0.15, 0.2) is 0 Å². The summed E-state index contributed by atoms with van der Waals surface area (Å²) >= 11 is 0. The predicted molar refractivity (Wildman–Crippen MR) is 54.7 cm³/mol. The Hall–Kier alpha value is -1.14. The molecule has 0 fully saturated rings. The van der Waals surface area contributed by atoms with Crippen molar-refractivity contribution in [1.29, 1.82) is 0 Å². The van der Waals surface area contributed by atoms with E-state index >= 15 is 0 Å². The second kappa shape index (κ2) is 9.11. The number of ether oxygens (including phenoxy) is 3. The Morgan fingerprint density at radius 2 is 1.88 bits per heavy atom. The Kier molecular flexibility index (Phi) is 8.46. The van der Waals surface area contributed by atoms with Gasteiger partial charge in [-0.15, -0.1) is 0 Å². The molecule has 1 N–H and O–H groups in total. The molecule has 0 spiro atoms. The highest BCUT2D eigenvalue weighted by molar-refractivity contribution is 5.67. The van der Waals surface area contributed by atoms with Crippen LogP contribution in [0.5, 0.6) is 0 Å². The summed E-state index contributed by atoms with van der Waals surface area (Å²) in [6.45, 7) is 3.11. The van der Waals surface area contributed by atoms with Gasteiger partial charge in [0.15, 0.2) is 0 Å². The minimum Gasteiger partial charge on any atom is -0.462 e. The normalized spacial score (nSPS) is 11.9. The minimum atomic E-state index is -0.500. The third-order valence-corrected chi connectivity index (χ3v) is 1.62. The van der Waals surface area contributed by atoms with Gasteiger partial charge in [0.05, 0.1) is 19.8 Å². The van der Waals surface area contributed by atoms with Crippen molar-refractivity contribution in [2.45, 2.75) is 26.4 Å². The maximum Gasteiger partial charge on any atom is 0.303 e. The Labute approximate surface area is 94.5 Å². The number of rotatable bonds is 8. The maximum absolute atomic E-state index is 10.7. The summed E-state index contributed by atoms with van der Waals surface area (Å²) in [4.78, 5) is 21.3. The van der Waals surface area contributed by atoms with Crippen LogP contribution in [0.2, 0.25) is 0 Å². The van der Waals surface area contributed by atoms with E-state index in [1.165, 1.54) is 13.8 Å². The Morgan fingerprint density at radius 3 is 2.38 bits per heavy atom. The first kappa shape index (κ1) is 14.9. The quantitative estimate of drug-likeness (QED) is 0.466. The molecule has 0 aliphatic rings. The van der Waals surface area contributed by atoms with Crippen molar-refractivity contribution in [3.05, 3.63) is 0 Å². The molecule has 0 aliphatic carbocycles. The third kappa shape index (κ3) is 9.42. The number of carbonyl (C=O) groups is 2. The highest BCUT2D eigenvalue weighted by atomic mass is 16.6. The zero-order valence-electron chi connectivity index (χ0n) is 9.60. The zero-order valence-corrected chi connectivity index (χ0v) is 9.60. The molecule has 0 heterocycles. The van der Waals surface area contributed by atoms with Gasteiger partial charge in [0.2, 0.25) is 0 Å². The van der Waals surface area contributed by atoms with E-state index in [1.54, 1.807) is 0 Å². The Bertz CT molecular complexity index is 215. The van der Waals surface area contributed by atoms with Crippen molar-refractivity contribution in [2.24, 2.45) is 0 Å². The van der Waals surface area contributed by atoms with Crippen LogP contribution >= 0.6 is 0 Å². The number of aliphatic hydroxyl groups is 1. The van der Waals surface area contributed by atoms with Gasteiger partial charge in [-0.25, -0.2) is 0 Å². The van der Waals surface area contributed by atoms with Gasteiger partial charge in [-0.3, -0.25) is 9.59 Å². The van der Waals surface area contributed by atoms with Gasteiger partial charge < -0.3 is 19.3 Å². The van der Waals surface area contributed by atoms with Gasteiger partial charge in [0.25, 0.3) is 0 Å². The minimum absolute atomic E-state index is 0.0252. The van der Waals surface area contributed by atoms with Gasteiger partial charge in [-0.2, -0.15) is 0 Å². The number of hydrogen-bond acceptors (Lipinski definition) is 6. The molecule has 0 saturated heterocycles.